The summed E-state index contributed by atoms with van der Waals surface area (Å²) >= 11 is 0. The Bertz CT molecular complexity index is 901. The zero-order valence-electron chi connectivity index (χ0n) is 19.3. The van der Waals surface area contributed by atoms with Crippen molar-refractivity contribution in [3.63, 3.8) is 0 Å². The fourth-order valence-corrected chi connectivity index (χ4v) is 3.23. The highest BCUT2D eigenvalue weighted by molar-refractivity contribution is 5.93. The Kier molecular flexibility index (Phi) is 9.27. The summed E-state index contributed by atoms with van der Waals surface area (Å²) in [5.74, 6) is -1.79. The molecule has 1 aromatic carbocycles. The summed E-state index contributed by atoms with van der Waals surface area (Å²) in [6, 6.07) is 8.32. The van der Waals surface area contributed by atoms with Gasteiger partial charge in [-0.3, -0.25) is 19.3 Å². The number of aliphatic hydroxyl groups excluding tert-OH is 1. The molecule has 0 radical (unpaired) electrons. The first kappa shape index (κ1) is 26.2. The van der Waals surface area contributed by atoms with Crippen LogP contribution < -0.4 is 5.32 Å². The van der Waals surface area contributed by atoms with Crippen molar-refractivity contribution in [2.75, 3.05) is 13.7 Å². The number of nitrogens with zero attached hydrogens (tertiary/aromatic N) is 1. The zero-order chi connectivity index (χ0) is 24.7. The maximum atomic E-state index is 12.4. The van der Waals surface area contributed by atoms with E-state index in [0.29, 0.717) is 5.56 Å². The van der Waals surface area contributed by atoms with E-state index in [4.69, 9.17) is 14.2 Å². The van der Waals surface area contributed by atoms with Gasteiger partial charge in [0.05, 0.1) is 5.56 Å². The number of hydrogen-bond acceptors (Lipinski definition) is 8. The fourth-order valence-electron chi connectivity index (χ4n) is 3.23. The van der Waals surface area contributed by atoms with Crippen LogP contribution in [0.25, 0.3) is 0 Å². The van der Waals surface area contributed by atoms with Crippen LogP contribution in [-0.4, -0.2) is 77.9 Å². The number of allylic oxidation sites excluding steroid dienone is 1. The molecule has 0 saturated carbocycles. The third-order valence-corrected chi connectivity index (χ3v) is 5.23. The van der Waals surface area contributed by atoms with Crippen LogP contribution in [0.4, 0.5) is 0 Å². The fraction of sp³-hybridized carbons (Fsp3) is 0.478. The summed E-state index contributed by atoms with van der Waals surface area (Å²) in [5, 5.41) is 13.3. The molecule has 2 amide bonds. The Balaban J connectivity index is 2.29. The number of nitrogens with one attached hydrogen (secondary N) is 1. The second-order valence-electron chi connectivity index (χ2n) is 7.70. The van der Waals surface area contributed by atoms with Gasteiger partial charge in [-0.1, -0.05) is 18.2 Å². The molecule has 0 aliphatic carbocycles. The molecule has 2 N–H and O–H groups in total. The number of likely N-dealkylation sites (N-methyl/N-ethyl adjacent to an activating group) is 1. The van der Waals surface area contributed by atoms with Gasteiger partial charge in [0.2, 0.25) is 11.8 Å². The molecular weight excluding hydrogens is 432 g/mol. The van der Waals surface area contributed by atoms with Crippen LogP contribution in [0.15, 0.2) is 42.1 Å². The molecule has 1 saturated heterocycles. The van der Waals surface area contributed by atoms with Crippen molar-refractivity contribution in [2.45, 2.75) is 58.3 Å². The molecule has 10 heteroatoms. The quantitative estimate of drug-likeness (QED) is 0.407. The van der Waals surface area contributed by atoms with Gasteiger partial charge in [0.25, 0.3) is 0 Å². The molecule has 33 heavy (non-hydrogen) atoms. The van der Waals surface area contributed by atoms with Crippen LogP contribution in [0.3, 0.4) is 0 Å². The molecule has 0 aromatic heterocycles. The van der Waals surface area contributed by atoms with Gasteiger partial charge in [0.15, 0.2) is 12.0 Å². The lowest BCUT2D eigenvalue weighted by Crippen LogP contribution is -2.46. The summed E-state index contributed by atoms with van der Waals surface area (Å²) in [5.41, 5.74) is 0.603. The van der Waals surface area contributed by atoms with Crippen LogP contribution in [-0.2, 0) is 28.6 Å². The predicted octanol–water partition coefficient (Wildman–Crippen LogP) is 0.790. The summed E-state index contributed by atoms with van der Waals surface area (Å²) in [6.45, 7) is 5.29. The lowest BCUT2D eigenvalue weighted by atomic mass is 10.1. The van der Waals surface area contributed by atoms with Crippen molar-refractivity contribution in [3.8, 4) is 0 Å². The lowest BCUT2D eigenvalue weighted by Gasteiger charge is -2.29. The van der Waals surface area contributed by atoms with Crippen molar-refractivity contribution in [1.82, 2.24) is 10.2 Å². The maximum absolute atomic E-state index is 12.4. The first-order valence-electron chi connectivity index (χ1n) is 10.5. The number of benzene rings is 1. The number of Topliss-reactive ketones (excluding diaryl/α,β-unsaturated/α-hetero) is 1. The Morgan fingerprint density at radius 1 is 1.18 bits per heavy atom. The second kappa shape index (κ2) is 11.7. The van der Waals surface area contributed by atoms with E-state index in [9.17, 15) is 24.3 Å². The zero-order valence-corrected chi connectivity index (χ0v) is 19.3. The van der Waals surface area contributed by atoms with E-state index >= 15 is 0 Å². The van der Waals surface area contributed by atoms with Crippen molar-refractivity contribution in [3.05, 3.63) is 47.7 Å². The minimum absolute atomic E-state index is 0.260. The molecule has 1 unspecified atom stereocenters. The van der Waals surface area contributed by atoms with E-state index in [1.807, 2.05) is 0 Å². The molecule has 1 aliphatic rings. The highest BCUT2D eigenvalue weighted by Crippen LogP contribution is 2.30. The molecule has 1 aliphatic heterocycles. The van der Waals surface area contributed by atoms with Gasteiger partial charge >= 0.3 is 5.97 Å². The van der Waals surface area contributed by atoms with Gasteiger partial charge in [-0.15, -0.1) is 0 Å². The van der Waals surface area contributed by atoms with Gasteiger partial charge in [-0.2, -0.15) is 0 Å². The van der Waals surface area contributed by atoms with Gasteiger partial charge in [-0.25, -0.2) is 4.79 Å². The van der Waals surface area contributed by atoms with Crippen LogP contribution in [0.5, 0.6) is 0 Å². The Labute approximate surface area is 192 Å². The summed E-state index contributed by atoms with van der Waals surface area (Å²) in [4.78, 5) is 49.3. The number of rotatable bonds is 9. The minimum atomic E-state index is -1.34. The highest BCUT2D eigenvalue weighted by Gasteiger charge is 2.50. The van der Waals surface area contributed by atoms with E-state index < -0.39 is 55.0 Å². The van der Waals surface area contributed by atoms with Crippen LogP contribution in [0.2, 0.25) is 0 Å². The average molecular weight is 462 g/mol. The number of amides is 2. The van der Waals surface area contributed by atoms with E-state index in [1.54, 1.807) is 37.3 Å². The normalized spacial score (nSPS) is 23.5. The van der Waals surface area contributed by atoms with Crippen molar-refractivity contribution in [2.24, 2.45) is 0 Å². The third kappa shape index (κ3) is 6.70. The van der Waals surface area contributed by atoms with Crippen molar-refractivity contribution >= 4 is 23.6 Å². The molecule has 10 nitrogen and oxygen atoms in total. The predicted molar refractivity (Wildman–Crippen MR) is 117 cm³/mol. The highest BCUT2D eigenvalue weighted by atomic mass is 16.6. The molecule has 180 valence electrons. The standard InChI is InChI=1S/C23H30N2O8/c1-13(14(2)26)11-25(16(4)27)22-21(31-12-18(28)24-5)19(29)20(33-22)15(3)32-23(30)17-9-7-6-8-10-17/h6-11,15,19-22,29H,12H2,1-5H3,(H,24,28)/b13-11-/t15-,19-,20-,21-,22?/m1/s1. The molecule has 1 aromatic rings. The molecular formula is C23H30N2O8. The first-order valence-corrected chi connectivity index (χ1v) is 10.5. The topological polar surface area (TPSA) is 131 Å². The molecule has 0 spiro atoms. The number of carbonyl (C=O) groups excluding carboxylic acids is 4. The van der Waals surface area contributed by atoms with Gasteiger partial charge in [0, 0.05) is 25.7 Å². The largest absolute Gasteiger partial charge is 0.456 e. The van der Waals surface area contributed by atoms with Crippen LogP contribution in [0, 0.1) is 0 Å². The maximum Gasteiger partial charge on any atom is 0.338 e. The number of esters is 1. The summed E-state index contributed by atoms with van der Waals surface area (Å²) in [7, 11) is 1.43. The minimum Gasteiger partial charge on any atom is -0.456 e. The molecule has 1 fully saturated rings. The van der Waals surface area contributed by atoms with Crippen LogP contribution >= 0.6 is 0 Å². The monoisotopic (exact) mass is 462 g/mol. The van der Waals surface area contributed by atoms with Gasteiger partial charge < -0.3 is 24.6 Å². The Morgan fingerprint density at radius 3 is 2.36 bits per heavy atom. The van der Waals surface area contributed by atoms with E-state index in [1.165, 1.54) is 34.0 Å². The van der Waals surface area contributed by atoms with Gasteiger partial charge in [0.1, 0.15) is 31.0 Å². The summed E-state index contributed by atoms with van der Waals surface area (Å²) in [6.07, 6.45) is -4.34. The van der Waals surface area contributed by atoms with Crippen LogP contribution in [0.1, 0.15) is 38.1 Å². The Hall–Kier alpha value is -3.08. The third-order valence-electron chi connectivity index (χ3n) is 5.23. The second-order valence-corrected chi connectivity index (χ2v) is 7.70. The SMILES string of the molecule is CNC(=O)CO[C@H]1C(N(/C=C(/C)C(C)=O)C(C)=O)O[C@H]([C@@H](C)OC(=O)c2ccccc2)[C@H]1O. The Morgan fingerprint density at radius 2 is 1.82 bits per heavy atom. The van der Waals surface area contributed by atoms with E-state index in [0.717, 1.165) is 4.90 Å². The number of ketones is 1. The number of hydrogen-bond donors (Lipinski definition) is 2. The first-order chi connectivity index (χ1) is 15.6. The number of aliphatic hydroxyl groups is 1. The number of ether oxygens (including phenoxy) is 3. The molecule has 2 rings (SSSR count). The molecule has 0 bridgehead atoms. The van der Waals surface area contributed by atoms with E-state index in [-0.39, 0.29) is 11.4 Å². The number of carbonyl (C=O) groups is 4. The summed E-state index contributed by atoms with van der Waals surface area (Å²) < 4.78 is 17.0. The van der Waals surface area contributed by atoms with Crippen molar-refractivity contribution < 1.29 is 38.5 Å². The molecule has 1 heterocycles. The lowest BCUT2D eigenvalue weighted by molar-refractivity contribution is -0.151. The molecule has 5 atom stereocenters. The van der Waals surface area contributed by atoms with E-state index in [2.05, 4.69) is 5.32 Å². The van der Waals surface area contributed by atoms with Crippen molar-refractivity contribution in [1.29, 1.82) is 0 Å². The smallest absolute Gasteiger partial charge is 0.338 e. The average Bonchev–Trinajstić information content (AvgIpc) is 3.11. The van der Waals surface area contributed by atoms with Gasteiger partial charge in [-0.05, 0) is 32.9 Å².